The van der Waals surface area contributed by atoms with Crippen LogP contribution in [0.25, 0.3) is 0 Å². The maximum atomic E-state index is 11.6. The van der Waals surface area contributed by atoms with Crippen LogP contribution >= 0.6 is 11.6 Å². The van der Waals surface area contributed by atoms with Crippen molar-refractivity contribution in [3.63, 3.8) is 0 Å². The molecule has 1 aromatic carbocycles. The molecule has 0 saturated carbocycles. The summed E-state index contributed by atoms with van der Waals surface area (Å²) in [6, 6.07) is 6.91. The van der Waals surface area contributed by atoms with Gasteiger partial charge in [-0.15, -0.1) is 0 Å². The van der Waals surface area contributed by atoms with Gasteiger partial charge in [0.1, 0.15) is 0 Å². The van der Waals surface area contributed by atoms with Gasteiger partial charge in [0.2, 0.25) is 5.91 Å². The van der Waals surface area contributed by atoms with Crippen molar-refractivity contribution in [2.75, 3.05) is 18.4 Å². The predicted molar refractivity (Wildman–Crippen MR) is 73.9 cm³/mol. The van der Waals surface area contributed by atoms with Crippen molar-refractivity contribution >= 4 is 23.2 Å². The van der Waals surface area contributed by atoms with E-state index >= 15 is 0 Å². The van der Waals surface area contributed by atoms with Gasteiger partial charge in [-0.05, 0) is 37.6 Å². The number of halogens is 1. The average Bonchev–Trinajstić information content (AvgIpc) is 2.32. The lowest BCUT2D eigenvalue weighted by molar-refractivity contribution is -0.115. The lowest BCUT2D eigenvalue weighted by atomic mass is 10.0. The molecular weight excluding hydrogens is 252 g/mol. The van der Waals surface area contributed by atoms with E-state index in [0.717, 1.165) is 0 Å². The molecule has 0 aliphatic carbocycles. The first-order chi connectivity index (χ1) is 8.43. The Bertz CT molecular complexity index is 390. The standard InChI is InChI=1S/C13H19ClN2O2/c1-3-13(2,18)9-15-8-12(17)16-11-6-4-10(14)5-7-11/h4-7,15,18H,3,8-9H2,1-2H3,(H,16,17). The van der Waals surface area contributed by atoms with Crippen LogP contribution in [0.15, 0.2) is 24.3 Å². The van der Waals surface area contributed by atoms with Gasteiger partial charge in [-0.2, -0.15) is 0 Å². The summed E-state index contributed by atoms with van der Waals surface area (Å²) in [5, 5.41) is 16.0. The van der Waals surface area contributed by atoms with Crippen molar-refractivity contribution < 1.29 is 9.90 Å². The third-order valence-corrected chi connectivity index (χ3v) is 2.93. The molecule has 0 aromatic heterocycles. The van der Waals surface area contributed by atoms with Gasteiger partial charge in [-0.1, -0.05) is 18.5 Å². The number of anilines is 1. The molecule has 18 heavy (non-hydrogen) atoms. The number of hydrogen-bond donors (Lipinski definition) is 3. The highest BCUT2D eigenvalue weighted by Gasteiger charge is 2.16. The highest BCUT2D eigenvalue weighted by molar-refractivity contribution is 6.30. The normalized spacial score (nSPS) is 14.0. The van der Waals surface area contributed by atoms with Crippen LogP contribution in [0.1, 0.15) is 20.3 Å². The Morgan fingerprint density at radius 3 is 2.56 bits per heavy atom. The molecule has 1 unspecified atom stereocenters. The van der Waals surface area contributed by atoms with Crippen LogP contribution in [0, 0.1) is 0 Å². The van der Waals surface area contributed by atoms with E-state index in [4.69, 9.17) is 11.6 Å². The second-order valence-corrected chi connectivity index (χ2v) is 4.95. The van der Waals surface area contributed by atoms with Crippen LogP contribution in [0.2, 0.25) is 5.02 Å². The summed E-state index contributed by atoms with van der Waals surface area (Å²) in [6.07, 6.45) is 0.638. The van der Waals surface area contributed by atoms with E-state index in [1.807, 2.05) is 6.92 Å². The maximum absolute atomic E-state index is 11.6. The van der Waals surface area contributed by atoms with Gasteiger partial charge in [-0.25, -0.2) is 0 Å². The molecule has 3 N–H and O–H groups in total. The van der Waals surface area contributed by atoms with E-state index < -0.39 is 5.60 Å². The first-order valence-corrected chi connectivity index (χ1v) is 6.29. The fourth-order valence-corrected chi connectivity index (χ4v) is 1.43. The third kappa shape index (κ3) is 5.49. The summed E-state index contributed by atoms with van der Waals surface area (Å²) < 4.78 is 0. The smallest absolute Gasteiger partial charge is 0.238 e. The van der Waals surface area contributed by atoms with E-state index in [-0.39, 0.29) is 12.5 Å². The molecule has 0 heterocycles. The van der Waals surface area contributed by atoms with E-state index in [1.165, 1.54) is 0 Å². The van der Waals surface area contributed by atoms with Crippen LogP contribution in [0.5, 0.6) is 0 Å². The SMILES string of the molecule is CCC(C)(O)CNCC(=O)Nc1ccc(Cl)cc1. The minimum absolute atomic E-state index is 0.149. The average molecular weight is 271 g/mol. The lowest BCUT2D eigenvalue weighted by Crippen LogP contribution is -2.40. The zero-order valence-electron chi connectivity index (χ0n) is 10.7. The summed E-state index contributed by atoms with van der Waals surface area (Å²) >= 11 is 5.75. The Morgan fingerprint density at radius 1 is 1.39 bits per heavy atom. The van der Waals surface area contributed by atoms with Crippen molar-refractivity contribution in [1.82, 2.24) is 5.32 Å². The molecule has 0 radical (unpaired) electrons. The number of amides is 1. The molecule has 5 heteroatoms. The zero-order valence-corrected chi connectivity index (χ0v) is 11.4. The van der Waals surface area contributed by atoms with E-state index in [1.54, 1.807) is 31.2 Å². The number of hydrogen-bond acceptors (Lipinski definition) is 3. The van der Waals surface area contributed by atoms with Crippen LogP contribution in [0.4, 0.5) is 5.69 Å². The molecule has 1 amide bonds. The van der Waals surface area contributed by atoms with Crippen LogP contribution < -0.4 is 10.6 Å². The summed E-state index contributed by atoms with van der Waals surface area (Å²) in [4.78, 5) is 11.6. The quantitative estimate of drug-likeness (QED) is 0.741. The molecule has 0 aliphatic rings. The lowest BCUT2D eigenvalue weighted by Gasteiger charge is -2.21. The van der Waals surface area contributed by atoms with E-state index in [9.17, 15) is 9.90 Å². The van der Waals surface area contributed by atoms with Crippen molar-refractivity contribution in [3.05, 3.63) is 29.3 Å². The Balaban J connectivity index is 2.32. The maximum Gasteiger partial charge on any atom is 0.238 e. The van der Waals surface area contributed by atoms with Crippen LogP contribution in [0.3, 0.4) is 0 Å². The fourth-order valence-electron chi connectivity index (χ4n) is 1.31. The zero-order chi connectivity index (χ0) is 13.6. The Labute approximate surface area is 112 Å². The summed E-state index contributed by atoms with van der Waals surface area (Å²) in [5.74, 6) is -0.149. The molecule has 0 aliphatic heterocycles. The van der Waals surface area contributed by atoms with Gasteiger partial charge in [-0.3, -0.25) is 4.79 Å². The van der Waals surface area contributed by atoms with Gasteiger partial charge < -0.3 is 15.7 Å². The molecule has 1 atom stereocenters. The fraction of sp³-hybridized carbons (Fsp3) is 0.462. The monoisotopic (exact) mass is 270 g/mol. The minimum atomic E-state index is -0.777. The molecule has 100 valence electrons. The van der Waals surface area contributed by atoms with Gasteiger partial charge in [0.05, 0.1) is 12.1 Å². The number of carbonyl (C=O) groups excluding carboxylic acids is 1. The molecule has 4 nitrogen and oxygen atoms in total. The second-order valence-electron chi connectivity index (χ2n) is 4.51. The first-order valence-electron chi connectivity index (χ1n) is 5.91. The van der Waals surface area contributed by atoms with Crippen molar-refractivity contribution in [2.45, 2.75) is 25.9 Å². The summed E-state index contributed by atoms with van der Waals surface area (Å²) in [7, 11) is 0. The molecule has 0 fully saturated rings. The predicted octanol–water partition coefficient (Wildman–Crippen LogP) is 2.03. The third-order valence-electron chi connectivity index (χ3n) is 2.68. The summed E-state index contributed by atoms with van der Waals surface area (Å²) in [6.45, 7) is 4.18. The molecule has 1 rings (SSSR count). The van der Waals surface area contributed by atoms with Crippen molar-refractivity contribution in [3.8, 4) is 0 Å². The molecule has 0 bridgehead atoms. The Morgan fingerprint density at radius 2 is 2.00 bits per heavy atom. The highest BCUT2D eigenvalue weighted by Crippen LogP contribution is 2.13. The van der Waals surface area contributed by atoms with E-state index in [0.29, 0.717) is 23.7 Å². The van der Waals surface area contributed by atoms with Crippen LogP contribution in [-0.2, 0) is 4.79 Å². The number of aliphatic hydroxyl groups is 1. The van der Waals surface area contributed by atoms with Crippen LogP contribution in [-0.4, -0.2) is 29.7 Å². The molecule has 0 saturated heterocycles. The Hall–Kier alpha value is -1.10. The molecule has 0 spiro atoms. The second kappa shape index (κ2) is 6.73. The minimum Gasteiger partial charge on any atom is -0.389 e. The number of carbonyl (C=O) groups is 1. The molecule has 1 aromatic rings. The molecular formula is C13H19ClN2O2. The number of rotatable bonds is 6. The highest BCUT2D eigenvalue weighted by atomic mass is 35.5. The van der Waals surface area contributed by atoms with Gasteiger partial charge in [0.15, 0.2) is 0 Å². The van der Waals surface area contributed by atoms with Crippen molar-refractivity contribution in [1.29, 1.82) is 0 Å². The largest absolute Gasteiger partial charge is 0.389 e. The topological polar surface area (TPSA) is 61.4 Å². The van der Waals surface area contributed by atoms with Crippen molar-refractivity contribution in [2.24, 2.45) is 0 Å². The van der Waals surface area contributed by atoms with Gasteiger partial charge in [0.25, 0.3) is 0 Å². The van der Waals surface area contributed by atoms with Gasteiger partial charge >= 0.3 is 0 Å². The summed E-state index contributed by atoms with van der Waals surface area (Å²) in [5.41, 5.74) is -0.0750. The van der Waals surface area contributed by atoms with Gasteiger partial charge in [0, 0.05) is 17.3 Å². The first kappa shape index (κ1) is 15.0. The number of benzene rings is 1. The number of nitrogens with one attached hydrogen (secondary N) is 2. The Kier molecular flexibility index (Phi) is 5.59. The van der Waals surface area contributed by atoms with E-state index in [2.05, 4.69) is 10.6 Å².